The second-order valence-electron chi connectivity index (χ2n) is 7.40. The summed E-state index contributed by atoms with van der Waals surface area (Å²) >= 11 is 0. The zero-order valence-corrected chi connectivity index (χ0v) is 15.0. The highest BCUT2D eigenvalue weighted by Gasteiger charge is 2.37. The van der Waals surface area contributed by atoms with Gasteiger partial charge in [0.05, 0.1) is 19.3 Å². The van der Waals surface area contributed by atoms with Crippen LogP contribution in [0.1, 0.15) is 25.7 Å². The van der Waals surface area contributed by atoms with Crippen LogP contribution in [0.25, 0.3) is 0 Å². The first-order valence-corrected chi connectivity index (χ1v) is 9.75. The average molecular weight is 343 g/mol. The Morgan fingerprint density at radius 3 is 2.44 bits per heavy atom. The third kappa shape index (κ3) is 3.73. The lowest BCUT2D eigenvalue weighted by Crippen LogP contribution is -2.45. The van der Waals surface area contributed by atoms with Crippen molar-refractivity contribution in [1.29, 1.82) is 0 Å². The smallest absolute Gasteiger partial charge is 0.244 e. The van der Waals surface area contributed by atoms with Gasteiger partial charge in [-0.05, 0) is 44.4 Å². The van der Waals surface area contributed by atoms with Gasteiger partial charge in [-0.3, -0.25) is 14.6 Å². The Labute approximate surface area is 150 Å². The van der Waals surface area contributed by atoms with Gasteiger partial charge in [0.1, 0.15) is 0 Å². The molecule has 0 spiro atoms. The van der Waals surface area contributed by atoms with Crippen molar-refractivity contribution < 1.29 is 9.53 Å². The van der Waals surface area contributed by atoms with Gasteiger partial charge in [-0.25, -0.2) is 0 Å². The monoisotopic (exact) mass is 343 g/mol. The first-order valence-electron chi connectivity index (χ1n) is 9.75. The molecule has 1 aromatic carbocycles. The molecule has 3 heterocycles. The topological polar surface area (TPSA) is 36.0 Å². The number of anilines is 1. The van der Waals surface area contributed by atoms with Gasteiger partial charge >= 0.3 is 0 Å². The van der Waals surface area contributed by atoms with E-state index in [1.54, 1.807) is 0 Å². The summed E-state index contributed by atoms with van der Waals surface area (Å²) in [4.78, 5) is 20.0. The molecule has 3 aliphatic rings. The van der Waals surface area contributed by atoms with Crippen LogP contribution >= 0.6 is 0 Å². The number of hydrogen-bond donors (Lipinski definition) is 0. The number of hydrogen-bond acceptors (Lipinski definition) is 4. The van der Waals surface area contributed by atoms with Gasteiger partial charge in [0.25, 0.3) is 0 Å². The molecule has 1 aromatic rings. The van der Waals surface area contributed by atoms with E-state index in [-0.39, 0.29) is 11.9 Å². The number of carbonyl (C=O) groups is 1. The quantitative estimate of drug-likeness (QED) is 0.841. The van der Waals surface area contributed by atoms with Gasteiger partial charge in [-0.15, -0.1) is 0 Å². The number of carbonyl (C=O) groups excluding carboxylic acids is 1. The molecule has 25 heavy (non-hydrogen) atoms. The van der Waals surface area contributed by atoms with Crippen molar-refractivity contribution in [2.24, 2.45) is 0 Å². The molecule has 136 valence electrons. The Balaban J connectivity index is 1.37. The Morgan fingerprint density at radius 2 is 1.64 bits per heavy atom. The molecule has 5 heteroatoms. The summed E-state index contributed by atoms with van der Waals surface area (Å²) in [7, 11) is 0. The summed E-state index contributed by atoms with van der Waals surface area (Å²) in [6.45, 7) is 6.81. The summed E-state index contributed by atoms with van der Waals surface area (Å²) in [6.07, 6.45) is 4.57. The highest BCUT2D eigenvalue weighted by Crippen LogP contribution is 2.27. The van der Waals surface area contributed by atoms with Crippen molar-refractivity contribution in [2.75, 3.05) is 50.8 Å². The highest BCUT2D eigenvalue weighted by atomic mass is 16.5. The fraction of sp³-hybridized carbons (Fsp3) is 0.650. The van der Waals surface area contributed by atoms with E-state index < -0.39 is 0 Å². The Morgan fingerprint density at radius 1 is 0.840 bits per heavy atom. The fourth-order valence-electron chi connectivity index (χ4n) is 4.59. The second-order valence-corrected chi connectivity index (χ2v) is 7.40. The molecule has 0 unspecified atom stereocenters. The van der Waals surface area contributed by atoms with E-state index in [1.807, 2.05) is 35.2 Å². The first kappa shape index (κ1) is 17.0. The van der Waals surface area contributed by atoms with Gasteiger partial charge in [0.2, 0.25) is 5.91 Å². The van der Waals surface area contributed by atoms with E-state index in [4.69, 9.17) is 4.74 Å². The third-order valence-electron chi connectivity index (χ3n) is 5.98. The molecule has 2 atom stereocenters. The standard InChI is InChI=1S/C20H29N3O2/c24-20-19(9-12-23(20)18-5-2-1-3-6-18)22-10-4-7-17(8-11-22)21-13-15-25-16-14-21/h1-3,5-6,17,19H,4,7-16H2/t17-,19+/m1/s1. The molecule has 0 aliphatic carbocycles. The van der Waals surface area contributed by atoms with E-state index in [9.17, 15) is 4.79 Å². The minimum absolute atomic E-state index is 0.0728. The van der Waals surface area contributed by atoms with Gasteiger partial charge in [-0.2, -0.15) is 0 Å². The molecule has 5 nitrogen and oxygen atoms in total. The normalized spacial score (nSPS) is 29.8. The first-order chi connectivity index (χ1) is 12.3. The number of ether oxygens (including phenoxy) is 1. The maximum Gasteiger partial charge on any atom is 0.244 e. The molecule has 3 fully saturated rings. The predicted molar refractivity (Wildman–Crippen MR) is 98.8 cm³/mol. The van der Waals surface area contributed by atoms with Crippen molar-refractivity contribution in [1.82, 2.24) is 9.80 Å². The van der Waals surface area contributed by atoms with Crippen LogP contribution in [-0.2, 0) is 9.53 Å². The van der Waals surface area contributed by atoms with Crippen LogP contribution in [0.4, 0.5) is 5.69 Å². The van der Waals surface area contributed by atoms with E-state index in [0.29, 0.717) is 6.04 Å². The predicted octanol–water partition coefficient (Wildman–Crippen LogP) is 1.98. The molecule has 1 amide bonds. The van der Waals surface area contributed by atoms with Crippen molar-refractivity contribution in [3.63, 3.8) is 0 Å². The maximum absolute atomic E-state index is 13.0. The zero-order valence-electron chi connectivity index (χ0n) is 15.0. The van der Waals surface area contributed by atoms with Crippen LogP contribution in [0.2, 0.25) is 0 Å². The molecule has 3 aliphatic heterocycles. The third-order valence-corrected chi connectivity index (χ3v) is 5.98. The van der Waals surface area contributed by atoms with E-state index in [2.05, 4.69) is 9.80 Å². The number of morpholine rings is 1. The second kappa shape index (κ2) is 7.85. The Bertz CT molecular complexity index is 574. The van der Waals surface area contributed by atoms with Crippen LogP contribution in [0.15, 0.2) is 30.3 Å². The summed E-state index contributed by atoms with van der Waals surface area (Å²) in [5.74, 6) is 0.288. The van der Waals surface area contributed by atoms with Crippen molar-refractivity contribution in [2.45, 2.75) is 37.8 Å². The summed E-state index contributed by atoms with van der Waals surface area (Å²) in [5.41, 5.74) is 1.04. The minimum atomic E-state index is 0.0728. The van der Waals surface area contributed by atoms with Crippen molar-refractivity contribution in [3.05, 3.63) is 30.3 Å². The van der Waals surface area contributed by atoms with Crippen LogP contribution < -0.4 is 4.90 Å². The number of benzene rings is 1. The number of likely N-dealkylation sites (tertiary alicyclic amines) is 1. The number of rotatable bonds is 3. The molecule has 0 radical (unpaired) electrons. The van der Waals surface area contributed by atoms with Crippen LogP contribution in [0.5, 0.6) is 0 Å². The number of nitrogens with zero attached hydrogens (tertiary/aromatic N) is 3. The Kier molecular flexibility index (Phi) is 5.34. The molecular weight excluding hydrogens is 314 g/mol. The summed E-state index contributed by atoms with van der Waals surface area (Å²) in [5, 5.41) is 0. The van der Waals surface area contributed by atoms with Gasteiger partial charge in [0, 0.05) is 37.9 Å². The van der Waals surface area contributed by atoms with Gasteiger partial charge < -0.3 is 9.64 Å². The summed E-state index contributed by atoms with van der Waals surface area (Å²) < 4.78 is 5.49. The average Bonchev–Trinajstić information content (AvgIpc) is 2.90. The van der Waals surface area contributed by atoms with Crippen LogP contribution in [-0.4, -0.2) is 73.7 Å². The van der Waals surface area contributed by atoms with E-state index >= 15 is 0 Å². The molecule has 0 saturated carbocycles. The largest absolute Gasteiger partial charge is 0.379 e. The zero-order chi connectivity index (χ0) is 17.1. The lowest BCUT2D eigenvalue weighted by atomic mass is 10.1. The Hall–Kier alpha value is -1.43. The number of para-hydroxylation sites is 1. The SMILES string of the molecule is O=C1[C@@H](N2CCC[C@@H](N3CCOCC3)CC2)CCN1c1ccccc1. The molecule has 4 rings (SSSR count). The van der Waals surface area contributed by atoms with Gasteiger partial charge in [-0.1, -0.05) is 18.2 Å². The van der Waals surface area contributed by atoms with Crippen LogP contribution in [0, 0.1) is 0 Å². The lowest BCUT2D eigenvalue weighted by Gasteiger charge is -2.34. The number of amides is 1. The lowest BCUT2D eigenvalue weighted by molar-refractivity contribution is -0.121. The van der Waals surface area contributed by atoms with Crippen molar-refractivity contribution >= 4 is 11.6 Å². The fourth-order valence-corrected chi connectivity index (χ4v) is 4.59. The molecular formula is C20H29N3O2. The molecule has 0 bridgehead atoms. The molecule has 0 N–H and O–H groups in total. The van der Waals surface area contributed by atoms with Gasteiger partial charge in [0.15, 0.2) is 0 Å². The van der Waals surface area contributed by atoms with E-state index in [0.717, 1.165) is 58.0 Å². The van der Waals surface area contributed by atoms with Crippen LogP contribution in [0.3, 0.4) is 0 Å². The minimum Gasteiger partial charge on any atom is -0.379 e. The maximum atomic E-state index is 13.0. The summed E-state index contributed by atoms with van der Waals surface area (Å²) in [6, 6.07) is 10.8. The van der Waals surface area contributed by atoms with E-state index in [1.165, 1.54) is 19.3 Å². The highest BCUT2D eigenvalue weighted by molar-refractivity contribution is 5.99. The molecule has 0 aromatic heterocycles. The van der Waals surface area contributed by atoms with Crippen molar-refractivity contribution in [3.8, 4) is 0 Å². The molecule has 3 saturated heterocycles.